The molecular weight excluding hydrogens is 551 g/mol. The van der Waals surface area contributed by atoms with Crippen molar-refractivity contribution >= 4 is 34.9 Å². The molecule has 2 aromatic rings. The average molecular weight is 574 g/mol. The monoisotopic (exact) mass is 574 g/mol. The molecule has 178 valence electrons. The highest BCUT2D eigenvalue weighted by molar-refractivity contribution is 14.1. The summed E-state index contributed by atoms with van der Waals surface area (Å²) in [6.07, 6.45) is -3.96. The van der Waals surface area contributed by atoms with Crippen molar-refractivity contribution in [2.24, 2.45) is 0 Å². The zero-order chi connectivity index (χ0) is 24.0. The topological polar surface area (TPSA) is 130 Å². The molecule has 1 aliphatic rings. The van der Waals surface area contributed by atoms with Crippen LogP contribution in [0.25, 0.3) is 0 Å². The van der Waals surface area contributed by atoms with Gasteiger partial charge in [-0.3, -0.25) is 3.07 Å². The lowest BCUT2D eigenvalue weighted by molar-refractivity contribution is -0.220. The lowest BCUT2D eigenvalue weighted by Gasteiger charge is -2.35. The normalized spacial score (nSPS) is 22.3. The maximum absolute atomic E-state index is 12.6. The van der Waals surface area contributed by atoms with Crippen LogP contribution in [-0.4, -0.2) is 67.6 Å². The fourth-order valence-corrected chi connectivity index (χ4v) is 3.50. The zero-order valence-electron chi connectivity index (χ0n) is 17.8. The third-order valence-corrected chi connectivity index (χ3v) is 5.48. The standard InChI is InChI=1S/C22H23IO10/c1-28-15-8-13(21(26)30-11-17-19(25)14(24)10-18(31-17)33-23)9-16(29-2)20(15)32-22(27)12-6-4-3-5-7-12/h3-9,14,17-19,24-25H,10-11H2,1-2H3. The van der Waals surface area contributed by atoms with Crippen molar-refractivity contribution in [3.63, 3.8) is 0 Å². The molecule has 0 amide bonds. The van der Waals surface area contributed by atoms with E-state index in [2.05, 4.69) is 0 Å². The summed E-state index contributed by atoms with van der Waals surface area (Å²) < 4.78 is 31.8. The van der Waals surface area contributed by atoms with Crippen LogP contribution in [0.1, 0.15) is 27.1 Å². The largest absolute Gasteiger partial charge is 0.493 e. The van der Waals surface area contributed by atoms with Gasteiger partial charge in [0.2, 0.25) is 5.75 Å². The van der Waals surface area contributed by atoms with Gasteiger partial charge in [-0.05, 0) is 24.3 Å². The summed E-state index contributed by atoms with van der Waals surface area (Å²) in [6.45, 7) is -0.330. The smallest absolute Gasteiger partial charge is 0.343 e. The number of methoxy groups -OCH3 is 2. The Morgan fingerprint density at radius 2 is 1.67 bits per heavy atom. The van der Waals surface area contributed by atoms with E-state index < -0.39 is 36.5 Å². The first-order valence-electron chi connectivity index (χ1n) is 9.87. The summed E-state index contributed by atoms with van der Waals surface area (Å²) in [7, 11) is 2.70. The SMILES string of the molecule is COc1cc(C(=O)OCC2OC(OI)CC(O)C2O)cc(OC)c1OC(=O)c1ccccc1. The Bertz CT molecular complexity index is 942. The molecule has 0 aromatic heterocycles. The van der Waals surface area contributed by atoms with Crippen molar-refractivity contribution in [2.75, 3.05) is 20.8 Å². The molecule has 1 saturated heterocycles. The third kappa shape index (κ3) is 6.12. The number of carbonyl (C=O) groups excluding carboxylic acids is 2. The summed E-state index contributed by atoms with van der Waals surface area (Å²) >= 11 is 1.63. The van der Waals surface area contributed by atoms with E-state index in [-0.39, 0.29) is 35.8 Å². The number of benzene rings is 2. The van der Waals surface area contributed by atoms with Crippen molar-refractivity contribution in [1.29, 1.82) is 0 Å². The Kier molecular flexibility index (Phi) is 8.86. The average Bonchev–Trinajstić information content (AvgIpc) is 2.84. The Hall–Kier alpha value is -2.45. The van der Waals surface area contributed by atoms with E-state index in [1.54, 1.807) is 53.3 Å². The van der Waals surface area contributed by atoms with Gasteiger partial charge in [0, 0.05) is 6.42 Å². The van der Waals surface area contributed by atoms with Crippen molar-refractivity contribution < 1.29 is 46.6 Å². The summed E-state index contributed by atoms with van der Waals surface area (Å²) in [6, 6.07) is 11.0. The summed E-state index contributed by atoms with van der Waals surface area (Å²) in [5.41, 5.74) is 0.378. The van der Waals surface area contributed by atoms with E-state index in [0.29, 0.717) is 5.56 Å². The molecule has 11 heteroatoms. The lowest BCUT2D eigenvalue weighted by atomic mass is 10.0. The van der Waals surface area contributed by atoms with E-state index in [1.165, 1.54) is 26.4 Å². The quantitative estimate of drug-likeness (QED) is 0.275. The molecule has 0 aliphatic carbocycles. The summed E-state index contributed by atoms with van der Waals surface area (Å²) in [5.74, 6) is -1.24. The van der Waals surface area contributed by atoms with E-state index in [9.17, 15) is 19.8 Å². The number of halogens is 1. The molecule has 1 fully saturated rings. The molecule has 2 N–H and O–H groups in total. The van der Waals surface area contributed by atoms with Crippen LogP contribution in [0.2, 0.25) is 0 Å². The maximum Gasteiger partial charge on any atom is 0.343 e. The van der Waals surface area contributed by atoms with Gasteiger partial charge in [0.1, 0.15) is 41.8 Å². The van der Waals surface area contributed by atoms with Gasteiger partial charge in [-0.25, -0.2) is 9.59 Å². The van der Waals surface area contributed by atoms with Crippen molar-refractivity contribution in [1.82, 2.24) is 0 Å². The molecule has 0 saturated carbocycles. The molecule has 1 aliphatic heterocycles. The minimum absolute atomic E-state index is 0.00148. The number of hydrogen-bond donors (Lipinski definition) is 2. The van der Waals surface area contributed by atoms with Gasteiger partial charge in [0.15, 0.2) is 17.8 Å². The molecule has 1 heterocycles. The highest BCUT2D eigenvalue weighted by Gasteiger charge is 2.38. The van der Waals surface area contributed by atoms with Gasteiger partial charge in [0.25, 0.3) is 0 Å². The molecule has 10 nitrogen and oxygen atoms in total. The lowest BCUT2D eigenvalue weighted by Crippen LogP contribution is -2.50. The minimum Gasteiger partial charge on any atom is -0.493 e. The number of aliphatic hydroxyl groups is 2. The van der Waals surface area contributed by atoms with Gasteiger partial charge < -0.3 is 33.9 Å². The third-order valence-electron chi connectivity index (χ3n) is 4.91. The molecule has 2 aromatic carbocycles. The number of aliphatic hydroxyl groups excluding tert-OH is 2. The first-order chi connectivity index (χ1) is 15.9. The number of ether oxygens (including phenoxy) is 5. The van der Waals surface area contributed by atoms with Crippen LogP contribution in [-0.2, 0) is 12.5 Å². The molecule has 3 rings (SSSR count). The zero-order valence-corrected chi connectivity index (χ0v) is 20.0. The fraction of sp³-hybridized carbons (Fsp3) is 0.364. The van der Waals surface area contributed by atoms with Gasteiger partial charge in [-0.1, -0.05) is 18.2 Å². The Balaban J connectivity index is 1.75. The highest BCUT2D eigenvalue weighted by atomic mass is 127. The number of esters is 2. The van der Waals surface area contributed by atoms with Gasteiger partial charge in [-0.15, -0.1) is 0 Å². The van der Waals surface area contributed by atoms with E-state index in [4.69, 9.17) is 26.8 Å². The fourth-order valence-electron chi connectivity index (χ4n) is 3.18. The number of hydrogen-bond acceptors (Lipinski definition) is 10. The highest BCUT2D eigenvalue weighted by Crippen LogP contribution is 2.39. The second-order valence-corrected chi connectivity index (χ2v) is 7.56. The molecular formula is C22H23IO10. The maximum atomic E-state index is 12.6. The molecule has 4 atom stereocenters. The van der Waals surface area contributed by atoms with Crippen molar-refractivity contribution in [3.8, 4) is 17.2 Å². The Labute approximate surface area is 204 Å². The predicted octanol–water partition coefficient (Wildman–Crippen LogP) is 2.28. The van der Waals surface area contributed by atoms with Gasteiger partial charge in [-0.2, -0.15) is 0 Å². The first kappa shape index (κ1) is 25.2. The molecule has 0 radical (unpaired) electrons. The number of carbonyl (C=O) groups is 2. The van der Waals surface area contributed by atoms with Gasteiger partial charge in [0.05, 0.1) is 31.5 Å². The molecule has 0 spiro atoms. The van der Waals surface area contributed by atoms with Crippen LogP contribution in [0.15, 0.2) is 42.5 Å². The predicted molar refractivity (Wildman–Crippen MR) is 122 cm³/mol. The number of rotatable bonds is 8. The molecule has 4 unspecified atom stereocenters. The van der Waals surface area contributed by atoms with Gasteiger partial charge >= 0.3 is 11.9 Å². The summed E-state index contributed by atoms with van der Waals surface area (Å²) in [4.78, 5) is 25.1. The second kappa shape index (κ2) is 11.6. The Morgan fingerprint density at radius 1 is 1.03 bits per heavy atom. The van der Waals surface area contributed by atoms with Crippen molar-refractivity contribution in [2.45, 2.75) is 31.0 Å². The van der Waals surface area contributed by atoms with Crippen LogP contribution in [0.4, 0.5) is 0 Å². The first-order valence-corrected chi connectivity index (χ1v) is 10.7. The van der Waals surface area contributed by atoms with E-state index in [0.717, 1.165) is 0 Å². The van der Waals surface area contributed by atoms with E-state index in [1.807, 2.05) is 0 Å². The second-order valence-electron chi connectivity index (χ2n) is 7.05. The molecule has 0 bridgehead atoms. The molecule has 33 heavy (non-hydrogen) atoms. The van der Waals surface area contributed by atoms with Crippen LogP contribution in [0, 0.1) is 0 Å². The van der Waals surface area contributed by atoms with Crippen molar-refractivity contribution in [3.05, 3.63) is 53.6 Å². The summed E-state index contributed by atoms with van der Waals surface area (Å²) in [5, 5.41) is 20.0. The van der Waals surface area contributed by atoms with E-state index >= 15 is 0 Å². The Morgan fingerprint density at radius 3 is 2.24 bits per heavy atom. The minimum atomic E-state index is -1.25. The van der Waals surface area contributed by atoms with Crippen LogP contribution in [0.3, 0.4) is 0 Å². The van der Waals surface area contributed by atoms with Crippen LogP contribution >= 0.6 is 23.0 Å². The van der Waals surface area contributed by atoms with Crippen LogP contribution < -0.4 is 14.2 Å². The van der Waals surface area contributed by atoms with Crippen LogP contribution in [0.5, 0.6) is 17.2 Å².